The molecule has 3 N–H and O–H groups in total. The van der Waals surface area contributed by atoms with E-state index in [1.807, 2.05) is 34.0 Å². The van der Waals surface area contributed by atoms with E-state index in [1.54, 1.807) is 4.68 Å². The molecule has 1 heterocycles. The third kappa shape index (κ3) is 2.82. The normalized spacial score (nSPS) is 14.6. The Morgan fingerprint density at radius 1 is 1.62 bits per heavy atom. The van der Waals surface area contributed by atoms with Crippen molar-refractivity contribution in [2.75, 3.05) is 5.32 Å². The van der Waals surface area contributed by atoms with Gasteiger partial charge in [-0.2, -0.15) is 5.10 Å². The fourth-order valence-corrected chi connectivity index (χ4v) is 1.39. The third-order valence-corrected chi connectivity index (χ3v) is 2.70. The molecule has 16 heavy (non-hydrogen) atoms. The van der Waals surface area contributed by atoms with E-state index in [0.717, 1.165) is 17.8 Å². The lowest BCUT2D eigenvalue weighted by Gasteiger charge is -2.14. The van der Waals surface area contributed by atoms with E-state index in [4.69, 9.17) is 5.73 Å². The lowest BCUT2D eigenvalue weighted by Crippen LogP contribution is -2.34. The molecule has 0 fully saturated rings. The van der Waals surface area contributed by atoms with Crippen LogP contribution in [0.1, 0.15) is 26.5 Å². The Hall–Kier alpha value is -1.36. The van der Waals surface area contributed by atoms with Crippen LogP contribution in [-0.2, 0) is 18.3 Å². The second-order valence-electron chi connectivity index (χ2n) is 4.15. The number of aromatic nitrogens is 2. The topological polar surface area (TPSA) is 72.9 Å². The molecule has 1 aromatic rings. The van der Waals surface area contributed by atoms with Crippen LogP contribution in [-0.4, -0.2) is 21.7 Å². The lowest BCUT2D eigenvalue weighted by atomic mass is 10.0. The molecule has 0 saturated carbocycles. The van der Waals surface area contributed by atoms with E-state index in [0.29, 0.717) is 0 Å². The maximum Gasteiger partial charge on any atom is 0.228 e. The van der Waals surface area contributed by atoms with E-state index < -0.39 is 0 Å². The second-order valence-corrected chi connectivity index (χ2v) is 4.15. The summed E-state index contributed by atoms with van der Waals surface area (Å²) in [5.74, 6) is -0.261. The van der Waals surface area contributed by atoms with Crippen molar-refractivity contribution in [3.8, 4) is 0 Å². The molecule has 5 nitrogen and oxygen atoms in total. The van der Waals surface area contributed by atoms with Gasteiger partial charge in [0.2, 0.25) is 5.91 Å². The highest BCUT2D eigenvalue weighted by Crippen LogP contribution is 2.15. The van der Waals surface area contributed by atoms with Gasteiger partial charge in [-0.25, -0.2) is 0 Å². The zero-order valence-corrected chi connectivity index (χ0v) is 10.3. The number of aryl methyl sites for hydroxylation is 2. The minimum Gasteiger partial charge on any atom is -0.327 e. The number of hydrogen-bond donors (Lipinski definition) is 2. The van der Waals surface area contributed by atoms with Crippen molar-refractivity contribution in [2.45, 2.75) is 33.2 Å². The van der Waals surface area contributed by atoms with Crippen LogP contribution in [0.25, 0.3) is 0 Å². The van der Waals surface area contributed by atoms with E-state index in [2.05, 4.69) is 10.4 Å². The molecule has 0 bridgehead atoms. The highest BCUT2D eigenvalue weighted by molar-refractivity contribution is 5.93. The smallest absolute Gasteiger partial charge is 0.228 e. The summed E-state index contributed by atoms with van der Waals surface area (Å²) in [6.07, 6.45) is 2.60. The predicted molar refractivity (Wildman–Crippen MR) is 64.0 cm³/mol. The van der Waals surface area contributed by atoms with Gasteiger partial charge in [-0.15, -0.1) is 0 Å². The Bertz CT molecular complexity index is 370. The van der Waals surface area contributed by atoms with Gasteiger partial charge in [0.25, 0.3) is 0 Å². The second kappa shape index (κ2) is 5.12. The van der Waals surface area contributed by atoms with Crippen LogP contribution in [0.15, 0.2) is 6.20 Å². The summed E-state index contributed by atoms with van der Waals surface area (Å²) < 4.78 is 1.70. The fraction of sp³-hybridized carbons (Fsp3) is 0.636. The molecular weight excluding hydrogens is 204 g/mol. The lowest BCUT2D eigenvalue weighted by molar-refractivity contribution is -0.119. The van der Waals surface area contributed by atoms with E-state index in [-0.39, 0.29) is 17.9 Å². The molecule has 0 aliphatic carbocycles. The Morgan fingerprint density at radius 2 is 2.25 bits per heavy atom. The standard InChI is InChI=1S/C11H20N4O/c1-5-9-10(6-15(4)14-9)13-11(16)7(2)8(3)12/h6-8H,5,12H2,1-4H3,(H,13,16). The molecular formula is C11H20N4O. The van der Waals surface area contributed by atoms with Gasteiger partial charge >= 0.3 is 0 Å². The summed E-state index contributed by atoms with van der Waals surface area (Å²) in [4.78, 5) is 11.8. The zero-order chi connectivity index (χ0) is 12.3. The first-order valence-corrected chi connectivity index (χ1v) is 5.54. The van der Waals surface area contributed by atoms with E-state index in [1.165, 1.54) is 0 Å². The number of carbonyl (C=O) groups is 1. The van der Waals surface area contributed by atoms with Crippen LogP contribution in [0.3, 0.4) is 0 Å². The van der Waals surface area contributed by atoms with Gasteiger partial charge in [0, 0.05) is 19.3 Å². The Balaban J connectivity index is 2.76. The molecule has 1 amide bonds. The van der Waals surface area contributed by atoms with E-state index in [9.17, 15) is 4.79 Å². The fourth-order valence-electron chi connectivity index (χ4n) is 1.39. The average Bonchev–Trinajstić information content (AvgIpc) is 2.57. The Labute approximate surface area is 96.0 Å². The van der Waals surface area contributed by atoms with Crippen LogP contribution in [0.5, 0.6) is 0 Å². The van der Waals surface area contributed by atoms with Crippen molar-refractivity contribution >= 4 is 11.6 Å². The van der Waals surface area contributed by atoms with Gasteiger partial charge in [-0.3, -0.25) is 9.48 Å². The minimum atomic E-state index is -0.204. The number of rotatable bonds is 4. The molecule has 2 unspecified atom stereocenters. The molecule has 1 rings (SSSR count). The number of carbonyl (C=O) groups excluding carboxylic acids is 1. The maximum absolute atomic E-state index is 11.8. The maximum atomic E-state index is 11.8. The van der Waals surface area contributed by atoms with Gasteiger partial charge in [0.1, 0.15) is 0 Å². The molecule has 0 radical (unpaired) electrons. The van der Waals surface area contributed by atoms with Gasteiger partial charge in [-0.05, 0) is 13.3 Å². The summed E-state index contributed by atoms with van der Waals surface area (Å²) in [5.41, 5.74) is 7.36. The highest BCUT2D eigenvalue weighted by atomic mass is 16.1. The average molecular weight is 224 g/mol. The number of anilines is 1. The summed E-state index contributed by atoms with van der Waals surface area (Å²) in [5, 5.41) is 7.12. The molecule has 0 aliphatic rings. The number of nitrogens with zero attached hydrogens (tertiary/aromatic N) is 2. The highest BCUT2D eigenvalue weighted by Gasteiger charge is 2.18. The first-order valence-electron chi connectivity index (χ1n) is 5.54. The zero-order valence-electron chi connectivity index (χ0n) is 10.3. The molecule has 0 spiro atoms. The van der Waals surface area contributed by atoms with Gasteiger partial charge in [0.15, 0.2) is 0 Å². The van der Waals surface area contributed by atoms with E-state index >= 15 is 0 Å². The van der Waals surface area contributed by atoms with Crippen molar-refractivity contribution < 1.29 is 4.79 Å². The van der Waals surface area contributed by atoms with Crippen LogP contribution in [0.2, 0.25) is 0 Å². The van der Waals surface area contributed by atoms with Gasteiger partial charge in [0.05, 0.1) is 17.3 Å². The van der Waals surface area contributed by atoms with Crippen molar-refractivity contribution in [2.24, 2.45) is 18.7 Å². The molecule has 1 aromatic heterocycles. The minimum absolute atomic E-state index is 0.0577. The van der Waals surface area contributed by atoms with Crippen LogP contribution in [0.4, 0.5) is 5.69 Å². The molecule has 0 aromatic carbocycles. The van der Waals surface area contributed by atoms with Crippen molar-refractivity contribution in [3.05, 3.63) is 11.9 Å². The van der Waals surface area contributed by atoms with Gasteiger partial charge < -0.3 is 11.1 Å². The number of amides is 1. The Morgan fingerprint density at radius 3 is 2.75 bits per heavy atom. The quantitative estimate of drug-likeness (QED) is 0.798. The van der Waals surface area contributed by atoms with Crippen molar-refractivity contribution in [3.63, 3.8) is 0 Å². The number of nitrogens with two attached hydrogens (primary N) is 1. The summed E-state index contributed by atoms with van der Waals surface area (Å²) in [6.45, 7) is 5.66. The largest absolute Gasteiger partial charge is 0.327 e. The first kappa shape index (κ1) is 12.7. The SMILES string of the molecule is CCc1nn(C)cc1NC(=O)C(C)C(C)N. The summed E-state index contributed by atoms with van der Waals surface area (Å²) >= 11 is 0. The predicted octanol–water partition coefficient (Wildman–Crippen LogP) is 0.904. The van der Waals surface area contributed by atoms with Crippen LogP contribution >= 0.6 is 0 Å². The van der Waals surface area contributed by atoms with Crippen LogP contribution < -0.4 is 11.1 Å². The summed E-state index contributed by atoms with van der Waals surface area (Å²) in [6, 6.07) is -0.151. The Kier molecular flexibility index (Phi) is 4.06. The van der Waals surface area contributed by atoms with Crippen LogP contribution in [0, 0.1) is 5.92 Å². The molecule has 90 valence electrons. The number of hydrogen-bond acceptors (Lipinski definition) is 3. The third-order valence-electron chi connectivity index (χ3n) is 2.70. The van der Waals surface area contributed by atoms with Crippen molar-refractivity contribution in [1.29, 1.82) is 0 Å². The summed E-state index contributed by atoms with van der Waals surface area (Å²) in [7, 11) is 1.84. The monoisotopic (exact) mass is 224 g/mol. The van der Waals surface area contributed by atoms with Crippen molar-refractivity contribution in [1.82, 2.24) is 9.78 Å². The molecule has 0 saturated heterocycles. The molecule has 5 heteroatoms. The number of nitrogens with one attached hydrogen (secondary N) is 1. The molecule has 0 aliphatic heterocycles. The first-order chi connectivity index (χ1) is 7.45. The van der Waals surface area contributed by atoms with Gasteiger partial charge in [-0.1, -0.05) is 13.8 Å². The molecule has 2 atom stereocenters.